The van der Waals surface area contributed by atoms with E-state index in [-0.39, 0.29) is 5.91 Å². The lowest BCUT2D eigenvalue weighted by molar-refractivity contribution is -0.132. The van der Waals surface area contributed by atoms with Gasteiger partial charge < -0.3 is 10.6 Å². The number of terminal acetylenes is 1. The lowest BCUT2D eigenvalue weighted by Crippen LogP contribution is -2.45. The highest BCUT2D eigenvalue weighted by atomic mass is 16.2. The molecular formula is C16H20N2O. The van der Waals surface area contributed by atoms with Crippen LogP contribution in [-0.4, -0.2) is 29.9 Å². The zero-order valence-electron chi connectivity index (χ0n) is 11.1. The van der Waals surface area contributed by atoms with E-state index in [9.17, 15) is 4.79 Å². The minimum absolute atomic E-state index is 0.0336. The van der Waals surface area contributed by atoms with Gasteiger partial charge in [-0.1, -0.05) is 36.3 Å². The average Bonchev–Trinajstić information content (AvgIpc) is 3.22. The summed E-state index contributed by atoms with van der Waals surface area (Å²) < 4.78 is 0. The van der Waals surface area contributed by atoms with Crippen LogP contribution in [0.1, 0.15) is 18.4 Å². The van der Waals surface area contributed by atoms with Gasteiger partial charge in [0.2, 0.25) is 5.91 Å². The summed E-state index contributed by atoms with van der Waals surface area (Å²) in [7, 11) is 0. The van der Waals surface area contributed by atoms with E-state index in [1.165, 1.54) is 12.8 Å². The first kappa shape index (κ1) is 13.6. The van der Waals surface area contributed by atoms with Crippen LogP contribution in [0.4, 0.5) is 0 Å². The summed E-state index contributed by atoms with van der Waals surface area (Å²) in [6.45, 7) is 1.11. The fraction of sp³-hybridized carbons (Fsp3) is 0.438. The number of nitrogens with zero attached hydrogens (tertiary/aromatic N) is 1. The average molecular weight is 256 g/mol. The van der Waals surface area contributed by atoms with E-state index < -0.39 is 6.04 Å². The predicted octanol–water partition coefficient (Wildman–Crippen LogP) is 1.43. The maximum atomic E-state index is 12.3. The molecule has 0 saturated heterocycles. The summed E-state index contributed by atoms with van der Waals surface area (Å²) in [4.78, 5) is 14.0. The van der Waals surface area contributed by atoms with E-state index in [4.69, 9.17) is 12.2 Å². The van der Waals surface area contributed by atoms with Crippen molar-refractivity contribution in [2.45, 2.75) is 25.3 Å². The van der Waals surface area contributed by atoms with Crippen molar-refractivity contribution in [2.75, 3.05) is 13.1 Å². The molecule has 1 fully saturated rings. The van der Waals surface area contributed by atoms with Crippen molar-refractivity contribution in [3.8, 4) is 12.3 Å². The summed E-state index contributed by atoms with van der Waals surface area (Å²) in [5.41, 5.74) is 7.10. The Hall–Kier alpha value is -1.79. The molecule has 0 bridgehead atoms. The molecule has 3 nitrogen and oxygen atoms in total. The second kappa shape index (κ2) is 6.40. The van der Waals surface area contributed by atoms with Gasteiger partial charge in [-0.25, -0.2) is 0 Å². The Bertz CT molecular complexity index is 459. The van der Waals surface area contributed by atoms with Gasteiger partial charge in [-0.3, -0.25) is 4.79 Å². The number of amides is 1. The normalized spacial score (nSPS) is 15.6. The molecule has 2 N–H and O–H groups in total. The Balaban J connectivity index is 1.93. The van der Waals surface area contributed by atoms with Gasteiger partial charge in [0.05, 0.1) is 12.6 Å². The number of nitrogens with two attached hydrogens (primary N) is 1. The van der Waals surface area contributed by atoms with Gasteiger partial charge in [0.25, 0.3) is 0 Å². The van der Waals surface area contributed by atoms with Crippen molar-refractivity contribution < 1.29 is 4.79 Å². The van der Waals surface area contributed by atoms with Crippen molar-refractivity contribution in [3.63, 3.8) is 0 Å². The van der Waals surface area contributed by atoms with Crippen LogP contribution in [0.5, 0.6) is 0 Å². The zero-order chi connectivity index (χ0) is 13.7. The van der Waals surface area contributed by atoms with Crippen LogP contribution in [0.25, 0.3) is 0 Å². The number of hydrogen-bond donors (Lipinski definition) is 1. The molecule has 1 aliphatic rings. The first-order valence-electron chi connectivity index (χ1n) is 6.72. The fourth-order valence-corrected chi connectivity index (χ4v) is 2.14. The highest BCUT2D eigenvalue weighted by molar-refractivity contribution is 5.82. The molecule has 0 aromatic heterocycles. The third-order valence-corrected chi connectivity index (χ3v) is 3.38. The van der Waals surface area contributed by atoms with Crippen LogP contribution in [0.15, 0.2) is 30.3 Å². The van der Waals surface area contributed by atoms with Crippen molar-refractivity contribution in [2.24, 2.45) is 11.7 Å². The van der Waals surface area contributed by atoms with Gasteiger partial charge in [-0.05, 0) is 30.7 Å². The molecule has 3 heteroatoms. The number of carbonyl (C=O) groups excluding carboxylic acids is 1. The lowest BCUT2D eigenvalue weighted by Gasteiger charge is -2.23. The van der Waals surface area contributed by atoms with Crippen molar-refractivity contribution >= 4 is 5.91 Å². The molecule has 1 atom stereocenters. The van der Waals surface area contributed by atoms with Crippen LogP contribution in [0, 0.1) is 18.3 Å². The first-order valence-corrected chi connectivity index (χ1v) is 6.72. The van der Waals surface area contributed by atoms with Crippen molar-refractivity contribution in [1.82, 2.24) is 4.90 Å². The number of benzene rings is 1. The molecular weight excluding hydrogens is 236 g/mol. The van der Waals surface area contributed by atoms with Gasteiger partial charge >= 0.3 is 0 Å². The molecule has 2 rings (SSSR count). The lowest BCUT2D eigenvalue weighted by atomic mass is 10.1. The maximum absolute atomic E-state index is 12.3. The van der Waals surface area contributed by atoms with E-state index in [0.29, 0.717) is 18.9 Å². The van der Waals surface area contributed by atoms with Crippen LogP contribution in [0.3, 0.4) is 0 Å². The van der Waals surface area contributed by atoms with Crippen LogP contribution in [-0.2, 0) is 11.2 Å². The highest BCUT2D eigenvalue weighted by Gasteiger charge is 2.28. The summed E-state index contributed by atoms with van der Waals surface area (Å²) in [6.07, 6.45) is 8.29. The van der Waals surface area contributed by atoms with Crippen LogP contribution < -0.4 is 5.73 Å². The predicted molar refractivity (Wildman–Crippen MR) is 76.3 cm³/mol. The van der Waals surface area contributed by atoms with Gasteiger partial charge in [0, 0.05) is 6.54 Å². The molecule has 1 amide bonds. The summed E-state index contributed by atoms with van der Waals surface area (Å²) >= 11 is 0. The fourth-order valence-electron chi connectivity index (χ4n) is 2.14. The van der Waals surface area contributed by atoms with Crippen molar-refractivity contribution in [3.05, 3.63) is 35.9 Å². The summed E-state index contributed by atoms with van der Waals surface area (Å²) in [5.74, 6) is 3.14. The summed E-state index contributed by atoms with van der Waals surface area (Å²) in [6, 6.07) is 9.33. The molecule has 19 heavy (non-hydrogen) atoms. The Morgan fingerprint density at radius 1 is 1.42 bits per heavy atom. The Morgan fingerprint density at radius 2 is 2.11 bits per heavy atom. The van der Waals surface area contributed by atoms with E-state index in [1.54, 1.807) is 4.90 Å². The van der Waals surface area contributed by atoms with E-state index in [1.807, 2.05) is 30.3 Å². The largest absolute Gasteiger partial charge is 0.330 e. The molecule has 0 radical (unpaired) electrons. The second-order valence-corrected chi connectivity index (χ2v) is 5.16. The Morgan fingerprint density at radius 3 is 2.68 bits per heavy atom. The second-order valence-electron chi connectivity index (χ2n) is 5.16. The van der Waals surface area contributed by atoms with Gasteiger partial charge in [0.15, 0.2) is 0 Å². The SMILES string of the molecule is C#CCN(CC1CC1)C(=O)[C@@H](N)Cc1ccccc1. The number of hydrogen-bond acceptors (Lipinski definition) is 2. The third kappa shape index (κ3) is 4.11. The maximum Gasteiger partial charge on any atom is 0.240 e. The minimum atomic E-state index is -0.505. The molecule has 1 aromatic carbocycles. The number of rotatable bonds is 6. The smallest absolute Gasteiger partial charge is 0.240 e. The van der Waals surface area contributed by atoms with E-state index in [2.05, 4.69) is 5.92 Å². The number of carbonyl (C=O) groups is 1. The van der Waals surface area contributed by atoms with E-state index >= 15 is 0 Å². The molecule has 100 valence electrons. The molecule has 1 saturated carbocycles. The van der Waals surface area contributed by atoms with Gasteiger partial charge in [0.1, 0.15) is 0 Å². The standard InChI is InChI=1S/C16H20N2O/c1-2-10-18(12-14-8-9-14)16(19)15(17)11-13-6-4-3-5-7-13/h1,3-7,14-15H,8-12,17H2/t15-/m0/s1. The molecule has 1 aliphatic carbocycles. The Kier molecular flexibility index (Phi) is 4.59. The van der Waals surface area contributed by atoms with Gasteiger partial charge in [-0.2, -0.15) is 0 Å². The molecule has 0 spiro atoms. The quantitative estimate of drug-likeness (QED) is 0.783. The molecule has 0 unspecified atom stereocenters. The Labute approximate surface area is 114 Å². The van der Waals surface area contributed by atoms with Crippen molar-refractivity contribution in [1.29, 1.82) is 0 Å². The molecule has 0 heterocycles. The van der Waals surface area contributed by atoms with E-state index in [0.717, 1.165) is 12.1 Å². The van der Waals surface area contributed by atoms with Crippen LogP contribution in [0.2, 0.25) is 0 Å². The van der Waals surface area contributed by atoms with Crippen LogP contribution >= 0.6 is 0 Å². The van der Waals surface area contributed by atoms with Gasteiger partial charge in [-0.15, -0.1) is 6.42 Å². The highest BCUT2D eigenvalue weighted by Crippen LogP contribution is 2.29. The monoisotopic (exact) mass is 256 g/mol. The first-order chi connectivity index (χ1) is 9.20. The molecule has 1 aromatic rings. The summed E-state index contributed by atoms with van der Waals surface area (Å²) in [5, 5.41) is 0. The third-order valence-electron chi connectivity index (χ3n) is 3.38. The molecule has 0 aliphatic heterocycles. The topological polar surface area (TPSA) is 46.3 Å². The zero-order valence-corrected chi connectivity index (χ0v) is 11.1. The minimum Gasteiger partial charge on any atom is -0.330 e.